The highest BCUT2D eigenvalue weighted by atomic mass is 16.6. The van der Waals surface area contributed by atoms with Gasteiger partial charge < -0.3 is 9.84 Å². The SMILES string of the molecule is O=C(OC1CN2CCC1CC2)C(O)C1CCCCC1. The van der Waals surface area contributed by atoms with E-state index in [0.717, 1.165) is 58.2 Å². The summed E-state index contributed by atoms with van der Waals surface area (Å²) in [6.45, 7) is 3.15. The second kappa shape index (κ2) is 5.80. The third-order valence-electron chi connectivity index (χ3n) is 5.20. The number of fused-ring (bicyclic) bond motifs is 3. The van der Waals surface area contributed by atoms with Crippen molar-refractivity contribution in [3.63, 3.8) is 0 Å². The summed E-state index contributed by atoms with van der Waals surface area (Å²) in [6.07, 6.45) is 6.84. The van der Waals surface area contributed by atoms with Crippen LogP contribution in [0.3, 0.4) is 0 Å². The molecule has 0 radical (unpaired) electrons. The van der Waals surface area contributed by atoms with Crippen molar-refractivity contribution in [2.45, 2.75) is 57.2 Å². The Morgan fingerprint density at radius 2 is 1.79 bits per heavy atom. The molecule has 1 saturated carbocycles. The molecule has 0 aromatic carbocycles. The van der Waals surface area contributed by atoms with Crippen molar-refractivity contribution in [3.05, 3.63) is 0 Å². The third kappa shape index (κ3) is 2.95. The summed E-state index contributed by atoms with van der Waals surface area (Å²) in [5.74, 6) is 0.278. The van der Waals surface area contributed by atoms with E-state index in [2.05, 4.69) is 4.90 Å². The maximum absolute atomic E-state index is 12.1. The summed E-state index contributed by atoms with van der Waals surface area (Å²) in [7, 11) is 0. The van der Waals surface area contributed by atoms with Crippen LogP contribution in [0.5, 0.6) is 0 Å². The van der Waals surface area contributed by atoms with Gasteiger partial charge in [-0.2, -0.15) is 0 Å². The van der Waals surface area contributed by atoms with E-state index in [-0.39, 0.29) is 18.0 Å². The molecule has 2 unspecified atom stereocenters. The fourth-order valence-electron chi connectivity index (χ4n) is 3.91. The van der Waals surface area contributed by atoms with E-state index in [4.69, 9.17) is 4.74 Å². The number of hydrogen-bond acceptors (Lipinski definition) is 4. The molecule has 3 heterocycles. The molecule has 4 heteroatoms. The van der Waals surface area contributed by atoms with E-state index in [1.165, 1.54) is 6.42 Å². The molecule has 4 aliphatic rings. The average Bonchev–Trinajstić information content (AvgIpc) is 2.48. The van der Waals surface area contributed by atoms with E-state index in [9.17, 15) is 9.90 Å². The Morgan fingerprint density at radius 1 is 1.11 bits per heavy atom. The fraction of sp³-hybridized carbons (Fsp3) is 0.933. The lowest BCUT2D eigenvalue weighted by molar-refractivity contribution is -0.172. The predicted octanol–water partition coefficient (Wildman–Crippen LogP) is 1.56. The van der Waals surface area contributed by atoms with E-state index < -0.39 is 6.10 Å². The Kier molecular flexibility index (Phi) is 4.08. The maximum Gasteiger partial charge on any atom is 0.335 e. The molecule has 0 amide bonds. The molecule has 3 saturated heterocycles. The third-order valence-corrected chi connectivity index (χ3v) is 5.20. The molecular weight excluding hydrogens is 242 g/mol. The first-order valence-corrected chi connectivity index (χ1v) is 7.85. The van der Waals surface area contributed by atoms with Crippen molar-refractivity contribution in [1.82, 2.24) is 4.90 Å². The molecule has 4 fully saturated rings. The molecule has 0 aromatic heterocycles. The number of esters is 1. The summed E-state index contributed by atoms with van der Waals surface area (Å²) in [5, 5.41) is 10.2. The van der Waals surface area contributed by atoms with Gasteiger partial charge in [0.05, 0.1) is 0 Å². The van der Waals surface area contributed by atoms with Crippen molar-refractivity contribution in [3.8, 4) is 0 Å². The van der Waals surface area contributed by atoms with Gasteiger partial charge in [0.15, 0.2) is 6.10 Å². The van der Waals surface area contributed by atoms with Gasteiger partial charge in [-0.25, -0.2) is 4.79 Å². The van der Waals surface area contributed by atoms with Crippen LogP contribution in [0.25, 0.3) is 0 Å². The Balaban J connectivity index is 1.52. The lowest BCUT2D eigenvalue weighted by Crippen LogP contribution is -2.52. The summed E-state index contributed by atoms with van der Waals surface area (Å²) < 4.78 is 5.61. The average molecular weight is 267 g/mol. The first-order valence-electron chi connectivity index (χ1n) is 7.85. The Labute approximate surface area is 115 Å². The van der Waals surface area contributed by atoms with Crippen LogP contribution in [0.4, 0.5) is 0 Å². The van der Waals surface area contributed by atoms with Crippen molar-refractivity contribution in [2.24, 2.45) is 11.8 Å². The maximum atomic E-state index is 12.1. The van der Waals surface area contributed by atoms with Crippen LogP contribution in [-0.2, 0) is 9.53 Å². The highest BCUT2D eigenvalue weighted by Crippen LogP contribution is 2.31. The van der Waals surface area contributed by atoms with Crippen molar-refractivity contribution < 1.29 is 14.6 Å². The minimum Gasteiger partial charge on any atom is -0.459 e. The zero-order valence-electron chi connectivity index (χ0n) is 11.6. The molecule has 2 bridgehead atoms. The van der Waals surface area contributed by atoms with E-state index in [0.29, 0.717) is 5.92 Å². The minimum absolute atomic E-state index is 0.0215. The molecule has 4 nitrogen and oxygen atoms in total. The van der Waals surface area contributed by atoms with Crippen LogP contribution in [-0.4, -0.2) is 47.8 Å². The van der Waals surface area contributed by atoms with Crippen molar-refractivity contribution in [2.75, 3.05) is 19.6 Å². The van der Waals surface area contributed by atoms with Crippen LogP contribution < -0.4 is 0 Å². The van der Waals surface area contributed by atoms with Gasteiger partial charge in [0.2, 0.25) is 0 Å². The van der Waals surface area contributed by atoms with Gasteiger partial charge in [-0.1, -0.05) is 19.3 Å². The standard InChI is InChI=1S/C15H25NO3/c17-14(12-4-2-1-3-5-12)15(18)19-13-10-16-8-6-11(13)7-9-16/h11-14,17H,1-10H2. The fourth-order valence-corrected chi connectivity index (χ4v) is 3.91. The molecule has 19 heavy (non-hydrogen) atoms. The van der Waals surface area contributed by atoms with Gasteiger partial charge in [-0.05, 0) is 50.6 Å². The molecule has 0 aromatic rings. The van der Waals surface area contributed by atoms with Crippen LogP contribution >= 0.6 is 0 Å². The molecule has 3 aliphatic heterocycles. The number of rotatable bonds is 3. The molecule has 1 aliphatic carbocycles. The predicted molar refractivity (Wildman–Crippen MR) is 71.6 cm³/mol. The molecule has 1 N–H and O–H groups in total. The minimum atomic E-state index is -0.893. The van der Waals surface area contributed by atoms with Gasteiger partial charge >= 0.3 is 5.97 Å². The molecule has 0 spiro atoms. The van der Waals surface area contributed by atoms with E-state index in [1.54, 1.807) is 0 Å². The quantitative estimate of drug-likeness (QED) is 0.789. The number of nitrogens with zero attached hydrogens (tertiary/aromatic N) is 1. The Morgan fingerprint density at radius 3 is 2.37 bits per heavy atom. The zero-order chi connectivity index (χ0) is 13.2. The lowest BCUT2D eigenvalue weighted by Gasteiger charge is -2.44. The molecule has 4 rings (SSSR count). The molecule has 2 atom stereocenters. The highest BCUT2D eigenvalue weighted by Gasteiger charge is 2.38. The Bertz CT molecular complexity index is 319. The van der Waals surface area contributed by atoms with Crippen LogP contribution in [0.1, 0.15) is 44.9 Å². The van der Waals surface area contributed by atoms with Gasteiger partial charge in [-0.3, -0.25) is 4.90 Å². The van der Waals surface area contributed by atoms with Crippen molar-refractivity contribution >= 4 is 5.97 Å². The first kappa shape index (κ1) is 13.4. The zero-order valence-corrected chi connectivity index (χ0v) is 11.6. The van der Waals surface area contributed by atoms with Gasteiger partial charge in [0.25, 0.3) is 0 Å². The number of ether oxygens (including phenoxy) is 1. The summed E-state index contributed by atoms with van der Waals surface area (Å²) in [4.78, 5) is 14.5. The number of aliphatic hydroxyl groups is 1. The second-order valence-corrected chi connectivity index (χ2v) is 6.46. The largest absolute Gasteiger partial charge is 0.459 e. The number of carbonyl (C=O) groups is 1. The van der Waals surface area contributed by atoms with Gasteiger partial charge in [0, 0.05) is 6.54 Å². The van der Waals surface area contributed by atoms with Crippen LogP contribution in [0.2, 0.25) is 0 Å². The number of aliphatic hydroxyl groups excluding tert-OH is 1. The van der Waals surface area contributed by atoms with E-state index >= 15 is 0 Å². The number of piperidine rings is 3. The summed E-state index contributed by atoms with van der Waals surface area (Å²) in [6, 6.07) is 0. The van der Waals surface area contributed by atoms with Crippen LogP contribution in [0, 0.1) is 11.8 Å². The first-order chi connectivity index (χ1) is 9.24. The van der Waals surface area contributed by atoms with E-state index in [1.807, 2.05) is 0 Å². The number of carbonyl (C=O) groups excluding carboxylic acids is 1. The van der Waals surface area contributed by atoms with Crippen LogP contribution in [0.15, 0.2) is 0 Å². The Hall–Kier alpha value is -0.610. The topological polar surface area (TPSA) is 49.8 Å². The summed E-state index contributed by atoms with van der Waals surface area (Å²) >= 11 is 0. The number of hydrogen-bond donors (Lipinski definition) is 1. The lowest BCUT2D eigenvalue weighted by atomic mass is 9.84. The molecular formula is C15H25NO3. The normalized spacial score (nSPS) is 37.0. The monoisotopic (exact) mass is 267 g/mol. The molecule has 108 valence electrons. The van der Waals surface area contributed by atoms with Gasteiger partial charge in [0.1, 0.15) is 6.10 Å². The highest BCUT2D eigenvalue weighted by molar-refractivity contribution is 5.75. The smallest absolute Gasteiger partial charge is 0.335 e. The summed E-state index contributed by atoms with van der Waals surface area (Å²) in [5.41, 5.74) is 0. The second-order valence-electron chi connectivity index (χ2n) is 6.46. The van der Waals surface area contributed by atoms with Crippen molar-refractivity contribution in [1.29, 1.82) is 0 Å². The van der Waals surface area contributed by atoms with Gasteiger partial charge in [-0.15, -0.1) is 0 Å².